The SMILES string of the molecule is CCCCC1=CC(=O)CC1O[Si](C)(C)C(C)(C)C. The summed E-state index contributed by atoms with van der Waals surface area (Å²) in [5, 5.41) is 0.203. The van der Waals surface area contributed by atoms with Crippen LogP contribution in [0.4, 0.5) is 0 Å². The molecule has 1 aliphatic carbocycles. The second-order valence-electron chi connectivity index (χ2n) is 6.86. The minimum Gasteiger partial charge on any atom is -0.410 e. The van der Waals surface area contributed by atoms with Gasteiger partial charge in [-0.2, -0.15) is 0 Å². The van der Waals surface area contributed by atoms with Crippen molar-refractivity contribution >= 4 is 14.1 Å². The molecule has 0 aromatic rings. The van der Waals surface area contributed by atoms with Crippen molar-refractivity contribution in [2.45, 2.75) is 77.6 Å². The maximum Gasteiger partial charge on any atom is 0.192 e. The number of unbranched alkanes of at least 4 members (excludes halogenated alkanes) is 1. The molecule has 18 heavy (non-hydrogen) atoms. The van der Waals surface area contributed by atoms with Crippen molar-refractivity contribution in [3.8, 4) is 0 Å². The van der Waals surface area contributed by atoms with E-state index in [1.54, 1.807) is 0 Å². The molecule has 0 fully saturated rings. The van der Waals surface area contributed by atoms with Gasteiger partial charge in [0.2, 0.25) is 0 Å². The largest absolute Gasteiger partial charge is 0.410 e. The van der Waals surface area contributed by atoms with Crippen molar-refractivity contribution in [1.29, 1.82) is 0 Å². The Kier molecular flexibility index (Phi) is 4.95. The van der Waals surface area contributed by atoms with Crippen LogP contribution in [0, 0.1) is 0 Å². The van der Waals surface area contributed by atoms with Crippen LogP contribution in [-0.2, 0) is 9.22 Å². The van der Waals surface area contributed by atoms with Crippen LogP contribution in [0.2, 0.25) is 18.1 Å². The molecule has 104 valence electrons. The molecule has 0 bridgehead atoms. The maximum atomic E-state index is 11.6. The van der Waals surface area contributed by atoms with Gasteiger partial charge in [-0.15, -0.1) is 0 Å². The molecule has 1 atom stereocenters. The third kappa shape index (κ3) is 3.79. The van der Waals surface area contributed by atoms with Crippen molar-refractivity contribution in [2.24, 2.45) is 0 Å². The molecule has 3 heteroatoms. The Bertz CT molecular complexity index is 337. The zero-order chi connectivity index (χ0) is 14.0. The number of hydrogen-bond acceptors (Lipinski definition) is 2. The Morgan fingerprint density at radius 2 is 2.00 bits per heavy atom. The average Bonchev–Trinajstić information content (AvgIpc) is 2.53. The molecule has 1 rings (SSSR count). The average molecular weight is 268 g/mol. The van der Waals surface area contributed by atoms with E-state index < -0.39 is 8.32 Å². The molecule has 0 amide bonds. The Morgan fingerprint density at radius 3 is 2.50 bits per heavy atom. The first-order valence-corrected chi connectivity index (χ1v) is 9.99. The van der Waals surface area contributed by atoms with E-state index in [9.17, 15) is 4.79 Å². The molecular weight excluding hydrogens is 240 g/mol. The van der Waals surface area contributed by atoms with E-state index >= 15 is 0 Å². The van der Waals surface area contributed by atoms with Gasteiger partial charge in [0.15, 0.2) is 14.1 Å². The third-order valence-electron chi connectivity index (χ3n) is 4.21. The van der Waals surface area contributed by atoms with Crippen LogP contribution in [0.3, 0.4) is 0 Å². The van der Waals surface area contributed by atoms with Crippen LogP contribution >= 0.6 is 0 Å². The first kappa shape index (κ1) is 15.6. The summed E-state index contributed by atoms with van der Waals surface area (Å²) in [6.45, 7) is 13.4. The third-order valence-corrected chi connectivity index (χ3v) is 8.69. The molecular formula is C15H28O2Si. The number of rotatable bonds is 5. The summed E-state index contributed by atoms with van der Waals surface area (Å²) in [6.07, 6.45) is 5.78. The first-order valence-electron chi connectivity index (χ1n) is 7.08. The summed E-state index contributed by atoms with van der Waals surface area (Å²) in [5.74, 6) is 0.241. The standard InChI is InChI=1S/C15H28O2Si/c1-7-8-9-12-10-13(16)11-14(12)17-18(5,6)15(2,3)4/h10,14H,7-9,11H2,1-6H3. The van der Waals surface area contributed by atoms with Crippen LogP contribution in [0.1, 0.15) is 53.4 Å². The molecule has 0 aromatic heterocycles. The normalized spacial score (nSPS) is 21.3. The molecule has 0 spiro atoms. The monoisotopic (exact) mass is 268 g/mol. The summed E-state index contributed by atoms with van der Waals surface area (Å²) in [7, 11) is -1.77. The number of allylic oxidation sites excluding steroid dienone is 1. The fourth-order valence-electron chi connectivity index (χ4n) is 1.94. The van der Waals surface area contributed by atoms with E-state index in [4.69, 9.17) is 4.43 Å². The zero-order valence-electron chi connectivity index (χ0n) is 12.8. The molecule has 0 saturated carbocycles. The highest BCUT2D eigenvalue weighted by molar-refractivity contribution is 6.74. The molecule has 0 heterocycles. The molecule has 2 nitrogen and oxygen atoms in total. The Morgan fingerprint density at radius 1 is 1.39 bits per heavy atom. The lowest BCUT2D eigenvalue weighted by Gasteiger charge is -2.39. The molecule has 0 aromatic carbocycles. The van der Waals surface area contributed by atoms with Crippen LogP contribution in [0.5, 0.6) is 0 Å². The lowest BCUT2D eigenvalue weighted by molar-refractivity contribution is -0.114. The van der Waals surface area contributed by atoms with Crippen molar-refractivity contribution in [3.63, 3.8) is 0 Å². The topological polar surface area (TPSA) is 26.3 Å². The number of ketones is 1. The molecule has 0 N–H and O–H groups in total. The Labute approximate surface area is 113 Å². The van der Waals surface area contributed by atoms with Gasteiger partial charge < -0.3 is 4.43 Å². The van der Waals surface area contributed by atoms with E-state index in [0.717, 1.165) is 12.8 Å². The second-order valence-corrected chi connectivity index (χ2v) is 11.6. The van der Waals surface area contributed by atoms with E-state index in [2.05, 4.69) is 40.8 Å². The van der Waals surface area contributed by atoms with Gasteiger partial charge in [0.1, 0.15) is 0 Å². The van der Waals surface area contributed by atoms with Gasteiger partial charge in [-0.05, 0) is 42.6 Å². The van der Waals surface area contributed by atoms with E-state index in [0.29, 0.717) is 6.42 Å². The zero-order valence-corrected chi connectivity index (χ0v) is 13.8. The van der Waals surface area contributed by atoms with Crippen LogP contribution in [0.25, 0.3) is 0 Å². The van der Waals surface area contributed by atoms with Gasteiger partial charge in [0.25, 0.3) is 0 Å². The fraction of sp³-hybridized carbons (Fsp3) is 0.800. The van der Waals surface area contributed by atoms with Crippen LogP contribution < -0.4 is 0 Å². The Balaban J connectivity index is 2.72. The fourth-order valence-corrected chi connectivity index (χ4v) is 3.24. The highest BCUT2D eigenvalue weighted by Gasteiger charge is 2.41. The van der Waals surface area contributed by atoms with E-state index in [1.807, 2.05) is 6.08 Å². The highest BCUT2D eigenvalue weighted by Crippen LogP contribution is 2.39. The first-order chi connectivity index (χ1) is 8.17. The predicted molar refractivity (Wildman–Crippen MR) is 79.3 cm³/mol. The lowest BCUT2D eigenvalue weighted by Crippen LogP contribution is -2.44. The Hall–Kier alpha value is -0.413. The van der Waals surface area contributed by atoms with Crippen molar-refractivity contribution in [1.82, 2.24) is 0 Å². The summed E-state index contributed by atoms with van der Waals surface area (Å²) < 4.78 is 6.39. The second kappa shape index (κ2) is 5.70. The molecule has 1 aliphatic rings. The van der Waals surface area contributed by atoms with Crippen molar-refractivity contribution in [2.75, 3.05) is 0 Å². The van der Waals surface area contributed by atoms with Gasteiger partial charge in [-0.1, -0.05) is 34.1 Å². The molecule has 0 aliphatic heterocycles. The van der Waals surface area contributed by atoms with Gasteiger partial charge in [-0.25, -0.2) is 0 Å². The number of hydrogen-bond donors (Lipinski definition) is 0. The summed E-state index contributed by atoms with van der Waals surface area (Å²) in [4.78, 5) is 11.6. The summed E-state index contributed by atoms with van der Waals surface area (Å²) >= 11 is 0. The predicted octanol–water partition coefficient (Wildman–Crippen LogP) is 4.47. The lowest BCUT2D eigenvalue weighted by atomic mass is 10.1. The van der Waals surface area contributed by atoms with E-state index in [-0.39, 0.29) is 16.9 Å². The smallest absolute Gasteiger partial charge is 0.192 e. The quantitative estimate of drug-likeness (QED) is 0.688. The maximum absolute atomic E-state index is 11.6. The summed E-state index contributed by atoms with van der Waals surface area (Å²) in [5.41, 5.74) is 1.23. The molecule has 0 radical (unpaired) electrons. The highest BCUT2D eigenvalue weighted by atomic mass is 28.4. The molecule has 0 saturated heterocycles. The number of carbonyl (C=O) groups excluding carboxylic acids is 1. The molecule has 1 unspecified atom stereocenters. The summed E-state index contributed by atoms with van der Waals surface area (Å²) in [6, 6.07) is 0. The van der Waals surface area contributed by atoms with E-state index in [1.165, 1.54) is 12.0 Å². The van der Waals surface area contributed by atoms with Crippen molar-refractivity contribution in [3.05, 3.63) is 11.6 Å². The number of carbonyl (C=O) groups is 1. The van der Waals surface area contributed by atoms with Crippen LogP contribution in [-0.4, -0.2) is 20.2 Å². The minimum atomic E-state index is -1.77. The van der Waals surface area contributed by atoms with Gasteiger partial charge in [0, 0.05) is 6.42 Å². The van der Waals surface area contributed by atoms with Gasteiger partial charge in [0.05, 0.1) is 6.10 Å². The minimum absolute atomic E-state index is 0.0601. The van der Waals surface area contributed by atoms with Crippen molar-refractivity contribution < 1.29 is 9.22 Å². The van der Waals surface area contributed by atoms with Gasteiger partial charge >= 0.3 is 0 Å². The van der Waals surface area contributed by atoms with Gasteiger partial charge in [-0.3, -0.25) is 4.79 Å². The van der Waals surface area contributed by atoms with Crippen LogP contribution in [0.15, 0.2) is 11.6 Å².